The summed E-state index contributed by atoms with van der Waals surface area (Å²) >= 11 is 0. The lowest BCUT2D eigenvalue weighted by Gasteiger charge is -2.04. The summed E-state index contributed by atoms with van der Waals surface area (Å²) in [5.74, 6) is -0.0240. The summed E-state index contributed by atoms with van der Waals surface area (Å²) in [7, 11) is 0. The number of hydrogen-bond donors (Lipinski definition) is 1. The van der Waals surface area contributed by atoms with Crippen LogP contribution in [0, 0.1) is 10.1 Å². The van der Waals surface area contributed by atoms with Gasteiger partial charge in [-0.2, -0.15) is 0 Å². The molecule has 0 aliphatic heterocycles. The molecule has 0 bridgehead atoms. The molecule has 0 spiro atoms. The van der Waals surface area contributed by atoms with Gasteiger partial charge in [-0.3, -0.25) is 14.9 Å². The second kappa shape index (κ2) is 4.75. The molecule has 1 heterocycles. The number of nitrogens with zero attached hydrogens (tertiary/aromatic N) is 1. The van der Waals surface area contributed by atoms with E-state index in [9.17, 15) is 20.0 Å². The average molecular weight is 283 g/mol. The van der Waals surface area contributed by atoms with Gasteiger partial charge in [-0.1, -0.05) is 12.1 Å². The van der Waals surface area contributed by atoms with Gasteiger partial charge in [-0.15, -0.1) is 0 Å². The summed E-state index contributed by atoms with van der Waals surface area (Å²) in [5.41, 5.74) is -0.0115. The van der Waals surface area contributed by atoms with Crippen molar-refractivity contribution in [1.82, 2.24) is 0 Å². The standard InChI is InChI=1S/C15H9NO5/c17-9-5-6-11-14(7-9)21-8-12(15(11)18)10-3-1-2-4-13(10)16(19)20/h1-8,17H. The van der Waals surface area contributed by atoms with E-state index < -0.39 is 4.92 Å². The van der Waals surface area contributed by atoms with Crippen molar-refractivity contribution in [1.29, 1.82) is 0 Å². The van der Waals surface area contributed by atoms with E-state index in [1.807, 2.05) is 0 Å². The first-order chi connectivity index (χ1) is 10.1. The zero-order valence-corrected chi connectivity index (χ0v) is 10.6. The molecule has 21 heavy (non-hydrogen) atoms. The van der Waals surface area contributed by atoms with Gasteiger partial charge in [-0.05, 0) is 18.2 Å². The van der Waals surface area contributed by atoms with Crippen LogP contribution in [0.4, 0.5) is 5.69 Å². The van der Waals surface area contributed by atoms with E-state index in [4.69, 9.17) is 4.42 Å². The third-order valence-electron chi connectivity index (χ3n) is 3.15. The van der Waals surface area contributed by atoms with Crippen LogP contribution in [0.3, 0.4) is 0 Å². The van der Waals surface area contributed by atoms with Crippen molar-refractivity contribution >= 4 is 16.7 Å². The number of benzene rings is 2. The van der Waals surface area contributed by atoms with Crippen LogP contribution in [-0.2, 0) is 0 Å². The Hall–Kier alpha value is -3.15. The molecule has 1 aromatic heterocycles. The van der Waals surface area contributed by atoms with Crippen molar-refractivity contribution in [2.75, 3.05) is 0 Å². The average Bonchev–Trinajstić information content (AvgIpc) is 2.47. The molecular formula is C15H9NO5. The van der Waals surface area contributed by atoms with Gasteiger partial charge in [0.25, 0.3) is 5.69 Å². The molecule has 0 unspecified atom stereocenters. The molecule has 0 atom stereocenters. The molecule has 0 amide bonds. The Morgan fingerprint density at radius 1 is 1.10 bits per heavy atom. The van der Waals surface area contributed by atoms with Gasteiger partial charge >= 0.3 is 0 Å². The van der Waals surface area contributed by atoms with Gasteiger partial charge in [0.05, 0.1) is 21.4 Å². The summed E-state index contributed by atoms with van der Waals surface area (Å²) in [5, 5.41) is 20.7. The molecule has 3 aromatic rings. The second-order valence-corrected chi connectivity index (χ2v) is 4.43. The molecule has 0 aliphatic carbocycles. The highest BCUT2D eigenvalue weighted by Crippen LogP contribution is 2.29. The Balaban J connectivity index is 2.32. The topological polar surface area (TPSA) is 93.6 Å². The highest BCUT2D eigenvalue weighted by molar-refractivity contribution is 5.84. The van der Waals surface area contributed by atoms with Crippen LogP contribution in [0.2, 0.25) is 0 Å². The molecule has 104 valence electrons. The molecule has 6 nitrogen and oxygen atoms in total. The molecule has 0 radical (unpaired) electrons. The number of nitro benzene ring substituents is 1. The number of rotatable bonds is 2. The second-order valence-electron chi connectivity index (χ2n) is 4.43. The zero-order valence-electron chi connectivity index (χ0n) is 10.6. The fourth-order valence-electron chi connectivity index (χ4n) is 2.16. The molecule has 3 rings (SSSR count). The monoisotopic (exact) mass is 283 g/mol. The largest absolute Gasteiger partial charge is 0.508 e. The predicted octanol–water partition coefficient (Wildman–Crippen LogP) is 3.07. The van der Waals surface area contributed by atoms with Crippen molar-refractivity contribution < 1.29 is 14.4 Å². The zero-order chi connectivity index (χ0) is 15.0. The van der Waals surface area contributed by atoms with Crippen LogP contribution < -0.4 is 5.43 Å². The Kier molecular flexibility index (Phi) is 2.91. The molecule has 0 fully saturated rings. The van der Waals surface area contributed by atoms with Gasteiger partial charge in [-0.25, -0.2) is 0 Å². The number of para-hydroxylation sites is 1. The first-order valence-electron chi connectivity index (χ1n) is 6.06. The number of fused-ring (bicyclic) bond motifs is 1. The fourth-order valence-corrected chi connectivity index (χ4v) is 2.16. The summed E-state index contributed by atoms with van der Waals surface area (Å²) in [4.78, 5) is 23.0. The Bertz CT molecular complexity index is 913. The summed E-state index contributed by atoms with van der Waals surface area (Å²) in [6, 6.07) is 10.1. The number of nitro groups is 1. The van der Waals surface area contributed by atoms with E-state index in [0.29, 0.717) is 0 Å². The highest BCUT2D eigenvalue weighted by Gasteiger charge is 2.18. The van der Waals surface area contributed by atoms with Crippen LogP contribution in [0.15, 0.2) is 57.9 Å². The normalized spacial score (nSPS) is 10.7. The first-order valence-corrected chi connectivity index (χ1v) is 6.06. The van der Waals surface area contributed by atoms with Crippen LogP contribution in [0.25, 0.3) is 22.1 Å². The van der Waals surface area contributed by atoms with Gasteiger partial charge in [0.1, 0.15) is 17.6 Å². The highest BCUT2D eigenvalue weighted by atomic mass is 16.6. The van der Waals surface area contributed by atoms with Crippen molar-refractivity contribution in [3.63, 3.8) is 0 Å². The maximum atomic E-state index is 12.5. The lowest BCUT2D eigenvalue weighted by atomic mass is 10.0. The predicted molar refractivity (Wildman–Crippen MR) is 76.2 cm³/mol. The molecule has 0 aliphatic rings. The summed E-state index contributed by atoms with van der Waals surface area (Å²) in [6.45, 7) is 0. The van der Waals surface area contributed by atoms with Crippen LogP contribution in [-0.4, -0.2) is 10.0 Å². The Labute approximate surface area is 118 Å². The lowest BCUT2D eigenvalue weighted by Crippen LogP contribution is -2.06. The van der Waals surface area contributed by atoms with E-state index in [-0.39, 0.29) is 39.0 Å². The molecule has 0 saturated heterocycles. The lowest BCUT2D eigenvalue weighted by molar-refractivity contribution is -0.384. The maximum Gasteiger partial charge on any atom is 0.277 e. The van der Waals surface area contributed by atoms with Crippen molar-refractivity contribution in [3.8, 4) is 16.9 Å². The Morgan fingerprint density at radius 3 is 2.62 bits per heavy atom. The molecular weight excluding hydrogens is 274 g/mol. The minimum Gasteiger partial charge on any atom is -0.508 e. The quantitative estimate of drug-likeness (QED) is 0.576. The van der Waals surface area contributed by atoms with Gasteiger partial charge in [0, 0.05) is 12.1 Å². The van der Waals surface area contributed by atoms with Crippen molar-refractivity contribution in [2.45, 2.75) is 0 Å². The maximum absolute atomic E-state index is 12.5. The minimum absolute atomic E-state index is 0.0240. The van der Waals surface area contributed by atoms with E-state index in [0.717, 1.165) is 0 Å². The molecule has 0 saturated carbocycles. The number of phenols is 1. The molecule has 6 heteroatoms. The number of aromatic hydroxyl groups is 1. The molecule has 1 N–H and O–H groups in total. The third kappa shape index (κ3) is 2.12. The number of phenolic OH excluding ortho intramolecular Hbond substituents is 1. The first kappa shape index (κ1) is 12.9. The van der Waals surface area contributed by atoms with Crippen molar-refractivity contribution in [2.24, 2.45) is 0 Å². The van der Waals surface area contributed by atoms with Crippen LogP contribution in [0.1, 0.15) is 0 Å². The fraction of sp³-hybridized carbons (Fsp3) is 0. The summed E-state index contributed by atoms with van der Waals surface area (Å²) < 4.78 is 5.31. The van der Waals surface area contributed by atoms with Gasteiger partial charge in [0.2, 0.25) is 5.43 Å². The van der Waals surface area contributed by atoms with Crippen LogP contribution >= 0.6 is 0 Å². The number of hydrogen-bond acceptors (Lipinski definition) is 5. The summed E-state index contributed by atoms with van der Waals surface area (Å²) in [6.07, 6.45) is 1.17. The molecule has 2 aromatic carbocycles. The van der Waals surface area contributed by atoms with Gasteiger partial charge in [0.15, 0.2) is 0 Å². The smallest absolute Gasteiger partial charge is 0.277 e. The van der Waals surface area contributed by atoms with E-state index in [2.05, 4.69) is 0 Å². The van der Waals surface area contributed by atoms with Gasteiger partial charge < -0.3 is 9.52 Å². The van der Waals surface area contributed by atoms with E-state index in [1.54, 1.807) is 6.07 Å². The Morgan fingerprint density at radius 2 is 1.86 bits per heavy atom. The van der Waals surface area contributed by atoms with Crippen LogP contribution in [0.5, 0.6) is 5.75 Å². The third-order valence-corrected chi connectivity index (χ3v) is 3.15. The SMILES string of the molecule is O=c1c(-c2ccccc2[N+](=O)[O-])coc2cc(O)ccc12. The van der Waals surface area contributed by atoms with Crippen molar-refractivity contribution in [3.05, 3.63) is 69.1 Å². The van der Waals surface area contributed by atoms with E-state index >= 15 is 0 Å². The minimum atomic E-state index is -0.546. The van der Waals surface area contributed by atoms with E-state index in [1.165, 1.54) is 42.7 Å².